The van der Waals surface area contributed by atoms with E-state index in [1.165, 1.54) is 0 Å². The fourth-order valence-electron chi connectivity index (χ4n) is 4.11. The van der Waals surface area contributed by atoms with Gasteiger partial charge >= 0.3 is 0 Å². The van der Waals surface area contributed by atoms with Gasteiger partial charge in [0.05, 0.1) is 5.69 Å². The van der Waals surface area contributed by atoms with Gasteiger partial charge in [0.1, 0.15) is 5.15 Å². The number of likely N-dealkylation sites (tertiary alicyclic amines) is 1. The van der Waals surface area contributed by atoms with Gasteiger partial charge in [0.25, 0.3) is 0 Å². The maximum atomic E-state index is 12.1. The van der Waals surface area contributed by atoms with Crippen LogP contribution < -0.4 is 0 Å². The predicted molar refractivity (Wildman–Crippen MR) is 109 cm³/mol. The summed E-state index contributed by atoms with van der Waals surface area (Å²) >= 11 is 6.31. The van der Waals surface area contributed by atoms with Crippen LogP contribution in [0.15, 0.2) is 72.8 Å². The fraction of sp³-hybridized carbons (Fsp3) is 0.261. The molecule has 0 aliphatic carbocycles. The molecule has 2 aromatic carbocycles. The maximum Gasteiger partial charge on any atom is 0.157 e. The van der Waals surface area contributed by atoms with E-state index in [0.717, 1.165) is 36.1 Å². The zero-order valence-electron chi connectivity index (χ0n) is 15.3. The molecular formula is C23H23ClN2O. The van der Waals surface area contributed by atoms with Gasteiger partial charge in [0, 0.05) is 6.04 Å². The van der Waals surface area contributed by atoms with Gasteiger partial charge in [-0.05, 0) is 49.2 Å². The number of aliphatic hydroxyl groups is 1. The number of aromatic nitrogens is 1. The van der Waals surface area contributed by atoms with E-state index >= 15 is 0 Å². The summed E-state index contributed by atoms with van der Waals surface area (Å²) in [5.74, 6) is 0. The summed E-state index contributed by atoms with van der Waals surface area (Å²) < 4.78 is 0. The monoisotopic (exact) mass is 378 g/mol. The Hall–Kier alpha value is -2.20. The Bertz CT molecular complexity index is 875. The molecule has 0 radical (unpaired) electrons. The van der Waals surface area contributed by atoms with Crippen molar-refractivity contribution in [1.82, 2.24) is 9.88 Å². The highest BCUT2D eigenvalue weighted by atomic mass is 35.5. The highest BCUT2D eigenvalue weighted by molar-refractivity contribution is 6.29. The normalized spacial score (nSPS) is 18.0. The van der Waals surface area contributed by atoms with Gasteiger partial charge in [0.15, 0.2) is 5.60 Å². The van der Waals surface area contributed by atoms with Crippen LogP contribution in [0.3, 0.4) is 0 Å². The van der Waals surface area contributed by atoms with Crippen LogP contribution in [0.5, 0.6) is 0 Å². The van der Waals surface area contributed by atoms with Gasteiger partial charge < -0.3 is 5.11 Å². The molecule has 3 aromatic rings. The van der Waals surface area contributed by atoms with E-state index in [9.17, 15) is 5.11 Å². The molecule has 0 saturated carbocycles. The average Bonchev–Trinajstić information content (AvgIpc) is 3.14. The third-order valence-corrected chi connectivity index (χ3v) is 5.71. The largest absolute Gasteiger partial charge is 0.374 e. The van der Waals surface area contributed by atoms with Crippen LogP contribution in [0.1, 0.15) is 41.3 Å². The van der Waals surface area contributed by atoms with E-state index in [1.807, 2.05) is 72.8 Å². The number of nitrogens with zero attached hydrogens (tertiary/aromatic N) is 2. The first-order valence-corrected chi connectivity index (χ1v) is 9.69. The molecule has 138 valence electrons. The second kappa shape index (κ2) is 7.43. The lowest BCUT2D eigenvalue weighted by Crippen LogP contribution is -2.33. The van der Waals surface area contributed by atoms with Crippen LogP contribution in [0.25, 0.3) is 0 Å². The van der Waals surface area contributed by atoms with Crippen molar-refractivity contribution in [3.05, 3.63) is 100 Å². The van der Waals surface area contributed by atoms with Crippen LogP contribution in [0.2, 0.25) is 5.15 Å². The minimum absolute atomic E-state index is 0.226. The number of pyridine rings is 1. The molecule has 1 saturated heterocycles. The molecule has 0 bridgehead atoms. The summed E-state index contributed by atoms with van der Waals surface area (Å²) in [6, 6.07) is 23.5. The maximum absolute atomic E-state index is 12.1. The average molecular weight is 379 g/mol. The fourth-order valence-corrected chi connectivity index (χ4v) is 4.25. The predicted octanol–water partition coefficient (Wildman–Crippen LogP) is 4.79. The second-order valence-corrected chi connectivity index (χ2v) is 7.54. The van der Waals surface area contributed by atoms with Gasteiger partial charge in [-0.3, -0.25) is 4.90 Å². The molecule has 1 N–H and O–H groups in total. The highest BCUT2D eigenvalue weighted by Gasteiger charge is 2.40. The number of halogens is 1. The Morgan fingerprint density at radius 3 is 2.07 bits per heavy atom. The van der Waals surface area contributed by atoms with Crippen LogP contribution >= 0.6 is 11.6 Å². The smallest absolute Gasteiger partial charge is 0.157 e. The van der Waals surface area contributed by atoms with Crippen LogP contribution in [0.4, 0.5) is 0 Å². The molecule has 0 amide bonds. The summed E-state index contributed by atoms with van der Waals surface area (Å²) in [4.78, 5) is 6.99. The minimum atomic E-state index is -1.37. The summed E-state index contributed by atoms with van der Waals surface area (Å²) in [7, 11) is 2.13. The van der Waals surface area contributed by atoms with Gasteiger partial charge in [0.2, 0.25) is 0 Å². The lowest BCUT2D eigenvalue weighted by molar-refractivity contribution is 0.117. The Morgan fingerprint density at radius 1 is 0.963 bits per heavy atom. The van der Waals surface area contributed by atoms with E-state index < -0.39 is 5.60 Å². The van der Waals surface area contributed by atoms with Crippen molar-refractivity contribution in [1.29, 1.82) is 0 Å². The zero-order chi connectivity index (χ0) is 18.9. The molecule has 1 fully saturated rings. The van der Waals surface area contributed by atoms with Crippen molar-refractivity contribution in [2.45, 2.75) is 24.5 Å². The molecule has 3 nitrogen and oxygen atoms in total. The van der Waals surface area contributed by atoms with E-state index in [4.69, 9.17) is 11.6 Å². The Labute approximate surface area is 165 Å². The summed E-state index contributed by atoms with van der Waals surface area (Å²) in [6.07, 6.45) is 2.19. The quantitative estimate of drug-likeness (QED) is 0.663. The number of benzene rings is 2. The third-order valence-electron chi connectivity index (χ3n) is 5.50. The Kier molecular flexibility index (Phi) is 5.00. The van der Waals surface area contributed by atoms with Crippen molar-refractivity contribution in [2.24, 2.45) is 0 Å². The van der Waals surface area contributed by atoms with Gasteiger partial charge in [-0.2, -0.15) is 0 Å². The van der Waals surface area contributed by atoms with E-state index in [0.29, 0.717) is 10.8 Å². The second-order valence-electron chi connectivity index (χ2n) is 7.15. The summed E-state index contributed by atoms with van der Waals surface area (Å²) in [5.41, 5.74) is 1.85. The first-order chi connectivity index (χ1) is 13.1. The van der Waals surface area contributed by atoms with Crippen LogP contribution in [-0.4, -0.2) is 28.6 Å². The highest BCUT2D eigenvalue weighted by Crippen LogP contribution is 2.42. The molecule has 2 heterocycles. The number of rotatable bonds is 4. The SMILES string of the molecule is CN1CCC[C@H]1c1ccc(Cl)nc1C(O)(c1ccccc1)c1ccccc1. The van der Waals surface area contributed by atoms with Crippen LogP contribution in [-0.2, 0) is 5.60 Å². The molecule has 0 spiro atoms. The number of hydrogen-bond acceptors (Lipinski definition) is 3. The Morgan fingerprint density at radius 2 is 1.56 bits per heavy atom. The Balaban J connectivity index is 1.98. The summed E-state index contributed by atoms with van der Waals surface area (Å²) in [5, 5.41) is 12.5. The molecule has 1 aromatic heterocycles. The zero-order valence-corrected chi connectivity index (χ0v) is 16.1. The first kappa shape index (κ1) is 18.2. The molecular weight excluding hydrogens is 356 g/mol. The molecule has 4 rings (SSSR count). The van der Waals surface area contributed by atoms with Gasteiger partial charge in [-0.15, -0.1) is 0 Å². The lowest BCUT2D eigenvalue weighted by atomic mass is 9.80. The molecule has 1 aliphatic heterocycles. The van der Waals surface area contributed by atoms with Crippen LogP contribution in [0, 0.1) is 0 Å². The topological polar surface area (TPSA) is 36.4 Å². The standard InChI is InChI=1S/C23H23ClN2O/c1-26-16-8-13-20(26)19-14-15-21(24)25-22(19)23(27,17-9-4-2-5-10-17)18-11-6-3-7-12-18/h2-7,9-12,14-15,20,27H,8,13,16H2,1H3/t20-/m0/s1. The van der Waals surface area contributed by atoms with Crippen molar-refractivity contribution >= 4 is 11.6 Å². The summed E-state index contributed by atoms with van der Waals surface area (Å²) in [6.45, 7) is 1.04. The molecule has 27 heavy (non-hydrogen) atoms. The van der Waals surface area contributed by atoms with Gasteiger partial charge in [-0.25, -0.2) is 4.98 Å². The van der Waals surface area contributed by atoms with Crippen molar-refractivity contribution in [2.75, 3.05) is 13.6 Å². The van der Waals surface area contributed by atoms with Crippen molar-refractivity contribution in [3.8, 4) is 0 Å². The van der Waals surface area contributed by atoms with E-state index in [-0.39, 0.29) is 6.04 Å². The minimum Gasteiger partial charge on any atom is -0.374 e. The number of hydrogen-bond donors (Lipinski definition) is 1. The van der Waals surface area contributed by atoms with E-state index in [2.05, 4.69) is 16.9 Å². The van der Waals surface area contributed by atoms with E-state index in [1.54, 1.807) is 0 Å². The molecule has 0 unspecified atom stereocenters. The van der Waals surface area contributed by atoms with Crippen molar-refractivity contribution in [3.63, 3.8) is 0 Å². The molecule has 1 atom stereocenters. The third kappa shape index (κ3) is 3.27. The molecule has 1 aliphatic rings. The van der Waals surface area contributed by atoms with Crippen molar-refractivity contribution < 1.29 is 5.11 Å². The first-order valence-electron chi connectivity index (χ1n) is 9.31. The lowest BCUT2D eigenvalue weighted by Gasteiger charge is -2.33. The van der Waals surface area contributed by atoms with Gasteiger partial charge in [-0.1, -0.05) is 78.3 Å². The molecule has 4 heteroatoms.